The molecule has 2 aromatic heterocycles. The molecule has 0 atom stereocenters. The predicted octanol–water partition coefficient (Wildman–Crippen LogP) is 4.65. The molecule has 0 radical (unpaired) electrons. The molecule has 2 N–H and O–H groups in total. The van der Waals surface area contributed by atoms with Crippen molar-refractivity contribution in [1.29, 1.82) is 0 Å². The summed E-state index contributed by atoms with van der Waals surface area (Å²) in [5.41, 5.74) is 2.95. The number of benzene rings is 2. The number of para-hydroxylation sites is 1. The maximum Gasteiger partial charge on any atom is 0.277 e. The first kappa shape index (κ1) is 20.4. The lowest BCUT2D eigenvalue weighted by Gasteiger charge is -2.05. The normalized spacial score (nSPS) is 10.7. The van der Waals surface area contributed by atoms with Crippen LogP contribution in [0.2, 0.25) is 0 Å². The van der Waals surface area contributed by atoms with E-state index in [0.29, 0.717) is 16.5 Å². The minimum Gasteiger partial charge on any atom is -0.326 e. The van der Waals surface area contributed by atoms with Crippen LogP contribution in [0, 0.1) is 12.7 Å². The second-order valence-electron chi connectivity index (χ2n) is 6.79. The van der Waals surface area contributed by atoms with Crippen LogP contribution in [0.3, 0.4) is 0 Å². The number of anilines is 2. The Bertz CT molecular complexity index is 1270. The van der Waals surface area contributed by atoms with E-state index in [1.165, 1.54) is 30.4 Å². The van der Waals surface area contributed by atoms with Crippen molar-refractivity contribution in [3.8, 4) is 16.9 Å². The van der Waals surface area contributed by atoms with Crippen molar-refractivity contribution in [2.24, 2.45) is 0 Å². The number of rotatable bonds is 5. The Morgan fingerprint density at radius 1 is 1.06 bits per heavy atom. The highest BCUT2D eigenvalue weighted by molar-refractivity contribution is 7.14. The number of carbonyl (C=O) groups excluding carboxylic acids is 2. The minimum atomic E-state index is -0.522. The molecule has 2 aromatic carbocycles. The predicted molar refractivity (Wildman–Crippen MR) is 118 cm³/mol. The van der Waals surface area contributed by atoms with E-state index in [1.54, 1.807) is 22.2 Å². The van der Waals surface area contributed by atoms with Gasteiger partial charge >= 0.3 is 0 Å². The standard InChI is InChI=1S/C22H18FN5O2S/c1-13-10-19(27-28(13)16-6-4-3-5-7-16)21(30)26-22-25-20(12-31-22)17-9-8-15(11-18(17)23)24-14(2)29/h3-12H,1-2H3,(H,24,29)(H,25,26,30). The molecule has 4 aromatic rings. The molecule has 9 heteroatoms. The smallest absolute Gasteiger partial charge is 0.277 e. The van der Waals surface area contributed by atoms with Crippen LogP contribution >= 0.6 is 11.3 Å². The molecular weight excluding hydrogens is 417 g/mol. The van der Waals surface area contributed by atoms with Crippen LogP contribution < -0.4 is 10.6 Å². The average Bonchev–Trinajstić information content (AvgIpc) is 3.35. The van der Waals surface area contributed by atoms with E-state index < -0.39 is 11.7 Å². The van der Waals surface area contributed by atoms with Gasteiger partial charge in [0.1, 0.15) is 5.82 Å². The first-order valence-electron chi connectivity index (χ1n) is 9.37. The highest BCUT2D eigenvalue weighted by Crippen LogP contribution is 2.29. The van der Waals surface area contributed by atoms with Crippen molar-refractivity contribution in [2.45, 2.75) is 13.8 Å². The number of carbonyl (C=O) groups is 2. The summed E-state index contributed by atoms with van der Waals surface area (Å²) in [6, 6.07) is 15.6. The first-order chi connectivity index (χ1) is 14.9. The number of thiazole rings is 1. The monoisotopic (exact) mass is 435 g/mol. The molecule has 0 aliphatic rings. The topological polar surface area (TPSA) is 88.9 Å². The van der Waals surface area contributed by atoms with Crippen molar-refractivity contribution in [3.63, 3.8) is 0 Å². The SMILES string of the molecule is CC(=O)Nc1ccc(-c2csc(NC(=O)c3cc(C)n(-c4ccccc4)n3)n2)c(F)c1. The van der Waals surface area contributed by atoms with Crippen LogP contribution in [-0.2, 0) is 4.79 Å². The van der Waals surface area contributed by atoms with Crippen LogP contribution in [0.1, 0.15) is 23.1 Å². The fourth-order valence-electron chi connectivity index (χ4n) is 3.04. The number of nitrogens with zero attached hydrogens (tertiary/aromatic N) is 3. The number of nitrogens with one attached hydrogen (secondary N) is 2. The molecule has 0 spiro atoms. The molecule has 2 amide bonds. The average molecular weight is 435 g/mol. The quantitative estimate of drug-likeness (QED) is 0.477. The number of halogens is 1. The Morgan fingerprint density at radius 2 is 1.84 bits per heavy atom. The third kappa shape index (κ3) is 4.51. The summed E-state index contributed by atoms with van der Waals surface area (Å²) in [4.78, 5) is 28.1. The fraction of sp³-hybridized carbons (Fsp3) is 0.0909. The van der Waals surface area contributed by atoms with Gasteiger partial charge in [-0.05, 0) is 43.3 Å². The Labute approximate surface area is 181 Å². The highest BCUT2D eigenvalue weighted by Gasteiger charge is 2.16. The van der Waals surface area contributed by atoms with Gasteiger partial charge in [0.05, 0.1) is 11.4 Å². The Balaban J connectivity index is 1.51. The van der Waals surface area contributed by atoms with Gasteiger partial charge in [-0.3, -0.25) is 14.9 Å². The van der Waals surface area contributed by atoms with E-state index in [-0.39, 0.29) is 17.2 Å². The molecular formula is C22H18FN5O2S. The number of amides is 2. The molecule has 7 nitrogen and oxygen atoms in total. The molecule has 0 bridgehead atoms. The lowest BCUT2D eigenvalue weighted by atomic mass is 10.1. The minimum absolute atomic E-state index is 0.254. The van der Waals surface area contributed by atoms with Crippen LogP contribution in [0.5, 0.6) is 0 Å². The molecule has 0 fully saturated rings. The van der Waals surface area contributed by atoms with Gasteiger partial charge in [0, 0.05) is 29.2 Å². The highest BCUT2D eigenvalue weighted by atomic mass is 32.1. The van der Waals surface area contributed by atoms with Crippen LogP contribution in [-0.4, -0.2) is 26.6 Å². The Kier molecular flexibility index (Phi) is 5.59. The third-order valence-electron chi connectivity index (χ3n) is 4.41. The maximum absolute atomic E-state index is 14.4. The van der Waals surface area contributed by atoms with Gasteiger partial charge in [0.15, 0.2) is 10.8 Å². The molecule has 0 aliphatic heterocycles. The zero-order valence-corrected chi connectivity index (χ0v) is 17.5. The van der Waals surface area contributed by atoms with Crippen LogP contribution in [0.4, 0.5) is 15.2 Å². The largest absolute Gasteiger partial charge is 0.326 e. The Hall–Kier alpha value is -3.85. The molecule has 0 unspecified atom stereocenters. The van der Waals surface area contributed by atoms with Gasteiger partial charge in [-0.2, -0.15) is 5.10 Å². The summed E-state index contributed by atoms with van der Waals surface area (Å²) in [7, 11) is 0. The number of aromatic nitrogens is 3. The van der Waals surface area contributed by atoms with Gasteiger partial charge in [-0.25, -0.2) is 14.1 Å². The summed E-state index contributed by atoms with van der Waals surface area (Å²) in [6.45, 7) is 3.22. The second-order valence-corrected chi connectivity index (χ2v) is 7.64. The summed E-state index contributed by atoms with van der Waals surface area (Å²) < 4.78 is 16.1. The van der Waals surface area contributed by atoms with Gasteiger partial charge < -0.3 is 5.32 Å². The number of hydrogen-bond donors (Lipinski definition) is 2. The van der Waals surface area contributed by atoms with E-state index in [1.807, 2.05) is 37.3 Å². The zero-order chi connectivity index (χ0) is 22.0. The van der Waals surface area contributed by atoms with Crippen molar-refractivity contribution in [2.75, 3.05) is 10.6 Å². The molecule has 156 valence electrons. The van der Waals surface area contributed by atoms with E-state index >= 15 is 0 Å². The van der Waals surface area contributed by atoms with Crippen molar-refractivity contribution in [1.82, 2.24) is 14.8 Å². The lowest BCUT2D eigenvalue weighted by molar-refractivity contribution is -0.114. The molecule has 2 heterocycles. The summed E-state index contributed by atoms with van der Waals surface area (Å²) in [6.07, 6.45) is 0. The maximum atomic E-state index is 14.4. The van der Waals surface area contributed by atoms with Crippen molar-refractivity contribution in [3.05, 3.63) is 77.2 Å². The van der Waals surface area contributed by atoms with Gasteiger partial charge in [-0.15, -0.1) is 11.3 Å². The summed E-state index contributed by atoms with van der Waals surface area (Å²) in [5.74, 6) is -1.21. The lowest BCUT2D eigenvalue weighted by Crippen LogP contribution is -2.13. The van der Waals surface area contributed by atoms with Crippen molar-refractivity contribution < 1.29 is 14.0 Å². The zero-order valence-electron chi connectivity index (χ0n) is 16.7. The molecule has 0 aliphatic carbocycles. The number of aryl methyl sites for hydroxylation is 1. The van der Waals surface area contributed by atoms with Crippen molar-refractivity contribution >= 4 is 34.0 Å². The van der Waals surface area contributed by atoms with E-state index in [4.69, 9.17) is 0 Å². The Morgan fingerprint density at radius 3 is 2.55 bits per heavy atom. The third-order valence-corrected chi connectivity index (χ3v) is 5.17. The van der Waals surface area contributed by atoms with Crippen LogP contribution in [0.15, 0.2) is 60.0 Å². The second kappa shape index (κ2) is 8.49. The summed E-state index contributed by atoms with van der Waals surface area (Å²) >= 11 is 1.18. The van der Waals surface area contributed by atoms with Gasteiger partial charge in [0.2, 0.25) is 5.91 Å². The molecule has 4 rings (SSSR count). The fourth-order valence-corrected chi connectivity index (χ4v) is 3.74. The van der Waals surface area contributed by atoms with Gasteiger partial charge in [-0.1, -0.05) is 18.2 Å². The number of hydrogen-bond acceptors (Lipinski definition) is 5. The van der Waals surface area contributed by atoms with E-state index in [9.17, 15) is 14.0 Å². The van der Waals surface area contributed by atoms with E-state index in [2.05, 4.69) is 20.7 Å². The first-order valence-corrected chi connectivity index (χ1v) is 10.2. The molecule has 0 saturated heterocycles. The van der Waals surface area contributed by atoms with Gasteiger partial charge in [0.25, 0.3) is 5.91 Å². The molecule has 0 saturated carbocycles. The summed E-state index contributed by atoms with van der Waals surface area (Å²) in [5, 5.41) is 11.6. The van der Waals surface area contributed by atoms with E-state index in [0.717, 1.165) is 11.4 Å². The van der Waals surface area contributed by atoms with Crippen LogP contribution in [0.25, 0.3) is 16.9 Å². The molecule has 31 heavy (non-hydrogen) atoms.